The Labute approximate surface area is 168 Å². The molecule has 2 amide bonds. The predicted molar refractivity (Wildman–Crippen MR) is 109 cm³/mol. The van der Waals surface area contributed by atoms with Gasteiger partial charge in [0.2, 0.25) is 0 Å². The quantitative estimate of drug-likeness (QED) is 0.525. The summed E-state index contributed by atoms with van der Waals surface area (Å²) in [4.78, 5) is 24.5. The van der Waals surface area contributed by atoms with Gasteiger partial charge in [0.15, 0.2) is 5.11 Å². The third-order valence-electron chi connectivity index (χ3n) is 3.34. The smallest absolute Gasteiger partial charge is 0.271 e. The molecular weight excluding hydrogens is 386 g/mol. The molecule has 0 saturated carbocycles. The molecule has 0 spiro atoms. The fourth-order valence-electron chi connectivity index (χ4n) is 2.06. The van der Waals surface area contributed by atoms with Crippen LogP contribution < -0.4 is 20.9 Å². The summed E-state index contributed by atoms with van der Waals surface area (Å²) in [5.41, 5.74) is 5.50. The molecule has 6 nitrogen and oxygen atoms in total. The number of carbonyl (C=O) groups is 2. The number of nitrogens with one attached hydrogen (secondary N) is 3. The number of thiocarbonyl (C=S) groups is 1. The van der Waals surface area contributed by atoms with Crippen molar-refractivity contribution in [1.29, 1.82) is 0 Å². The first kappa shape index (κ1) is 20.7. The molecule has 8 heteroatoms. The maximum absolute atomic E-state index is 12.4. The molecular formula is C19H20ClN3O3S. The Hall–Kier alpha value is -2.64. The molecule has 0 saturated heterocycles. The summed E-state index contributed by atoms with van der Waals surface area (Å²) >= 11 is 11.0. The van der Waals surface area contributed by atoms with Gasteiger partial charge in [0.25, 0.3) is 11.8 Å². The minimum atomic E-state index is -0.474. The van der Waals surface area contributed by atoms with Crippen LogP contribution in [0.3, 0.4) is 0 Å². The van der Waals surface area contributed by atoms with Gasteiger partial charge >= 0.3 is 0 Å². The Kier molecular flexibility index (Phi) is 7.57. The molecule has 0 heterocycles. The maximum Gasteiger partial charge on any atom is 0.271 e. The number of ether oxygens (including phenoxy) is 1. The normalized spacial score (nSPS) is 10.2. The second-order valence-corrected chi connectivity index (χ2v) is 6.86. The van der Waals surface area contributed by atoms with Gasteiger partial charge in [0.1, 0.15) is 5.75 Å². The molecule has 0 radical (unpaired) electrons. The second kappa shape index (κ2) is 9.89. The molecule has 0 fully saturated rings. The van der Waals surface area contributed by atoms with E-state index in [4.69, 9.17) is 28.6 Å². The van der Waals surface area contributed by atoms with E-state index in [-0.39, 0.29) is 10.7 Å². The van der Waals surface area contributed by atoms with Gasteiger partial charge in [-0.3, -0.25) is 25.8 Å². The summed E-state index contributed by atoms with van der Waals surface area (Å²) in [6, 6.07) is 13.4. The highest BCUT2D eigenvalue weighted by Crippen LogP contribution is 2.18. The summed E-state index contributed by atoms with van der Waals surface area (Å²) in [5, 5.41) is 2.75. The van der Waals surface area contributed by atoms with Gasteiger partial charge in [-0.05, 0) is 42.4 Å². The minimum Gasteiger partial charge on any atom is -0.492 e. The van der Waals surface area contributed by atoms with Crippen LogP contribution in [-0.2, 0) is 0 Å². The first-order valence-electron chi connectivity index (χ1n) is 8.26. The summed E-state index contributed by atoms with van der Waals surface area (Å²) < 4.78 is 5.66. The molecule has 0 aliphatic heterocycles. The van der Waals surface area contributed by atoms with Crippen LogP contribution in [0.4, 0.5) is 0 Å². The lowest BCUT2D eigenvalue weighted by Gasteiger charge is -2.14. The lowest BCUT2D eigenvalue weighted by molar-refractivity contribution is 0.0933. The molecule has 0 aromatic heterocycles. The number of amides is 2. The van der Waals surface area contributed by atoms with Crippen LogP contribution in [0.2, 0.25) is 5.02 Å². The highest BCUT2D eigenvalue weighted by Gasteiger charge is 2.15. The van der Waals surface area contributed by atoms with Crippen molar-refractivity contribution in [3.8, 4) is 5.75 Å². The number of benzene rings is 2. The van der Waals surface area contributed by atoms with Crippen LogP contribution >= 0.6 is 23.8 Å². The van der Waals surface area contributed by atoms with Crippen molar-refractivity contribution in [3.63, 3.8) is 0 Å². The summed E-state index contributed by atoms with van der Waals surface area (Å²) in [5.74, 6) is -0.132. The lowest BCUT2D eigenvalue weighted by atomic mass is 10.2. The molecule has 0 bridgehead atoms. The average molecular weight is 406 g/mol. The number of para-hydroxylation sites is 1. The Bertz CT molecular complexity index is 842. The standard InChI is InChI=1S/C19H20ClN3O3S/c1-12(2)11-26-16-10-6-4-8-14(16)17(24)21-19(27)23-22-18(25)13-7-3-5-9-15(13)20/h3-10,12H,11H2,1-2H3,(H,22,25)(H2,21,23,24,27). The molecule has 142 valence electrons. The number of hydrogen-bond acceptors (Lipinski definition) is 4. The van der Waals surface area contributed by atoms with E-state index in [9.17, 15) is 9.59 Å². The van der Waals surface area contributed by atoms with Crippen molar-refractivity contribution in [2.45, 2.75) is 13.8 Å². The van der Waals surface area contributed by atoms with Crippen LogP contribution in [0.5, 0.6) is 5.75 Å². The average Bonchev–Trinajstić information content (AvgIpc) is 2.65. The van der Waals surface area contributed by atoms with E-state index in [0.29, 0.717) is 28.9 Å². The molecule has 2 rings (SSSR count). The molecule has 0 atom stereocenters. The van der Waals surface area contributed by atoms with Crippen molar-refractivity contribution in [1.82, 2.24) is 16.2 Å². The van der Waals surface area contributed by atoms with Gasteiger partial charge in [0.05, 0.1) is 22.8 Å². The molecule has 0 aliphatic carbocycles. The molecule has 3 N–H and O–H groups in total. The Morgan fingerprint density at radius 2 is 1.63 bits per heavy atom. The molecule has 2 aromatic rings. The van der Waals surface area contributed by atoms with Gasteiger partial charge in [-0.15, -0.1) is 0 Å². The Balaban J connectivity index is 1.93. The minimum absolute atomic E-state index is 0.0564. The third kappa shape index (κ3) is 6.23. The SMILES string of the molecule is CC(C)COc1ccccc1C(=O)NC(=S)NNC(=O)c1ccccc1Cl. The van der Waals surface area contributed by atoms with Gasteiger partial charge in [-0.1, -0.05) is 49.7 Å². The van der Waals surface area contributed by atoms with Crippen molar-refractivity contribution < 1.29 is 14.3 Å². The third-order valence-corrected chi connectivity index (χ3v) is 3.87. The van der Waals surface area contributed by atoms with E-state index in [2.05, 4.69) is 16.2 Å². The van der Waals surface area contributed by atoms with E-state index in [1.807, 2.05) is 13.8 Å². The number of halogens is 1. The van der Waals surface area contributed by atoms with E-state index in [1.54, 1.807) is 48.5 Å². The largest absolute Gasteiger partial charge is 0.492 e. The zero-order valence-corrected chi connectivity index (χ0v) is 16.5. The van der Waals surface area contributed by atoms with Crippen molar-refractivity contribution in [2.75, 3.05) is 6.61 Å². The summed E-state index contributed by atoms with van der Waals surface area (Å²) in [6.07, 6.45) is 0. The zero-order chi connectivity index (χ0) is 19.8. The predicted octanol–water partition coefficient (Wildman–Crippen LogP) is 3.32. The monoisotopic (exact) mass is 405 g/mol. The van der Waals surface area contributed by atoms with E-state index >= 15 is 0 Å². The van der Waals surface area contributed by atoms with Crippen LogP contribution in [0.15, 0.2) is 48.5 Å². The van der Waals surface area contributed by atoms with E-state index in [1.165, 1.54) is 0 Å². The van der Waals surface area contributed by atoms with Crippen LogP contribution in [0, 0.1) is 5.92 Å². The number of hydrazine groups is 1. The van der Waals surface area contributed by atoms with Crippen molar-refractivity contribution in [3.05, 3.63) is 64.7 Å². The van der Waals surface area contributed by atoms with Crippen LogP contribution in [0.1, 0.15) is 34.6 Å². The lowest BCUT2D eigenvalue weighted by Crippen LogP contribution is -2.48. The van der Waals surface area contributed by atoms with E-state index < -0.39 is 11.8 Å². The molecule has 0 aliphatic rings. The number of carbonyl (C=O) groups excluding carboxylic acids is 2. The van der Waals surface area contributed by atoms with Gasteiger partial charge in [-0.25, -0.2) is 0 Å². The van der Waals surface area contributed by atoms with Gasteiger partial charge in [-0.2, -0.15) is 0 Å². The molecule has 0 unspecified atom stereocenters. The topological polar surface area (TPSA) is 79.5 Å². The summed E-state index contributed by atoms with van der Waals surface area (Å²) in [7, 11) is 0. The number of rotatable bonds is 5. The fourth-order valence-corrected chi connectivity index (χ4v) is 2.43. The van der Waals surface area contributed by atoms with Crippen molar-refractivity contribution >= 4 is 40.7 Å². The Morgan fingerprint density at radius 3 is 2.30 bits per heavy atom. The molecule has 2 aromatic carbocycles. The zero-order valence-electron chi connectivity index (χ0n) is 14.9. The maximum atomic E-state index is 12.4. The first-order valence-corrected chi connectivity index (χ1v) is 9.05. The fraction of sp³-hybridized carbons (Fsp3) is 0.211. The van der Waals surface area contributed by atoms with Gasteiger partial charge < -0.3 is 4.74 Å². The van der Waals surface area contributed by atoms with Gasteiger partial charge in [0, 0.05) is 0 Å². The second-order valence-electron chi connectivity index (χ2n) is 6.04. The van der Waals surface area contributed by atoms with Crippen molar-refractivity contribution in [2.24, 2.45) is 5.92 Å². The first-order chi connectivity index (χ1) is 12.9. The summed E-state index contributed by atoms with van der Waals surface area (Å²) in [6.45, 7) is 4.52. The number of hydrogen-bond donors (Lipinski definition) is 3. The Morgan fingerprint density at radius 1 is 1.00 bits per heavy atom. The highest BCUT2D eigenvalue weighted by atomic mass is 35.5. The van der Waals surface area contributed by atoms with Crippen LogP contribution in [0.25, 0.3) is 0 Å². The molecule has 27 heavy (non-hydrogen) atoms. The van der Waals surface area contributed by atoms with E-state index in [0.717, 1.165) is 0 Å². The van der Waals surface area contributed by atoms with Crippen LogP contribution in [-0.4, -0.2) is 23.5 Å². The highest BCUT2D eigenvalue weighted by molar-refractivity contribution is 7.80.